The standard InChI is InChI=1S/C25H32N4O2S/c1-19(2)29-18-21(16-20(29)3)17-23-24(30)28(11-7-10-27-12-14-31-15-13-27)25(32-23)26-22-8-5-4-6-9-22/h4-6,8-9,16-19H,7,10-15H2,1-3H3/b23-17+,26-25?. The van der Waals surface area contributed by atoms with Crippen LogP contribution in [0, 0.1) is 6.92 Å². The lowest BCUT2D eigenvalue weighted by Gasteiger charge is -2.27. The Kier molecular flexibility index (Phi) is 7.50. The van der Waals surface area contributed by atoms with Crippen LogP contribution in [0.15, 0.2) is 52.5 Å². The van der Waals surface area contributed by atoms with E-state index in [1.165, 1.54) is 17.5 Å². The number of nitrogens with zero attached hydrogens (tertiary/aromatic N) is 4. The molecule has 1 amide bonds. The first-order chi connectivity index (χ1) is 15.5. The monoisotopic (exact) mass is 452 g/mol. The van der Waals surface area contributed by atoms with Gasteiger partial charge in [0.1, 0.15) is 0 Å². The minimum Gasteiger partial charge on any atom is -0.379 e. The molecule has 0 spiro atoms. The maximum absolute atomic E-state index is 13.3. The summed E-state index contributed by atoms with van der Waals surface area (Å²) in [5.41, 5.74) is 3.12. The van der Waals surface area contributed by atoms with E-state index in [1.54, 1.807) is 0 Å². The molecule has 0 atom stereocenters. The van der Waals surface area contributed by atoms with Crippen molar-refractivity contribution in [3.63, 3.8) is 0 Å². The van der Waals surface area contributed by atoms with Crippen LogP contribution in [0.2, 0.25) is 0 Å². The second-order valence-corrected chi connectivity index (χ2v) is 9.53. The van der Waals surface area contributed by atoms with Gasteiger partial charge in [0.15, 0.2) is 5.17 Å². The first-order valence-corrected chi connectivity index (χ1v) is 12.2. The van der Waals surface area contributed by atoms with Crippen molar-refractivity contribution >= 4 is 34.6 Å². The molecule has 0 saturated carbocycles. The van der Waals surface area contributed by atoms with Crippen LogP contribution >= 0.6 is 11.8 Å². The van der Waals surface area contributed by atoms with Crippen LogP contribution in [0.4, 0.5) is 5.69 Å². The molecule has 4 rings (SSSR count). The zero-order valence-electron chi connectivity index (χ0n) is 19.2. The number of aliphatic imine (C=N–C) groups is 1. The van der Waals surface area contributed by atoms with Crippen molar-refractivity contribution in [2.45, 2.75) is 33.2 Å². The first kappa shape index (κ1) is 22.8. The van der Waals surface area contributed by atoms with Crippen LogP contribution in [-0.2, 0) is 9.53 Å². The van der Waals surface area contributed by atoms with E-state index in [4.69, 9.17) is 9.73 Å². The fraction of sp³-hybridized carbons (Fsp3) is 0.440. The second-order valence-electron chi connectivity index (χ2n) is 8.52. The highest BCUT2D eigenvalue weighted by molar-refractivity contribution is 8.18. The van der Waals surface area contributed by atoms with E-state index in [1.807, 2.05) is 41.3 Å². The van der Waals surface area contributed by atoms with Crippen LogP contribution in [0.3, 0.4) is 0 Å². The lowest BCUT2D eigenvalue weighted by atomic mass is 10.2. The predicted molar refractivity (Wildman–Crippen MR) is 132 cm³/mol. The van der Waals surface area contributed by atoms with E-state index in [2.05, 4.69) is 42.5 Å². The van der Waals surface area contributed by atoms with Crippen LogP contribution in [-0.4, -0.2) is 64.8 Å². The molecule has 0 unspecified atom stereocenters. The lowest BCUT2D eigenvalue weighted by Crippen LogP contribution is -2.38. The van der Waals surface area contributed by atoms with Crippen LogP contribution < -0.4 is 0 Å². The average molecular weight is 453 g/mol. The number of hydrogen-bond donors (Lipinski definition) is 0. The topological polar surface area (TPSA) is 50.1 Å². The molecule has 2 aliphatic rings. The van der Waals surface area contributed by atoms with Gasteiger partial charge in [-0.1, -0.05) is 18.2 Å². The van der Waals surface area contributed by atoms with Gasteiger partial charge in [-0.2, -0.15) is 0 Å². The van der Waals surface area contributed by atoms with E-state index < -0.39 is 0 Å². The third-order valence-electron chi connectivity index (χ3n) is 5.75. The van der Waals surface area contributed by atoms with Gasteiger partial charge in [0.05, 0.1) is 23.8 Å². The Balaban J connectivity index is 1.53. The Morgan fingerprint density at radius 1 is 1.16 bits per heavy atom. The van der Waals surface area contributed by atoms with Gasteiger partial charge in [-0.05, 0) is 68.8 Å². The summed E-state index contributed by atoms with van der Waals surface area (Å²) < 4.78 is 7.67. The first-order valence-electron chi connectivity index (χ1n) is 11.3. The van der Waals surface area contributed by atoms with Gasteiger partial charge >= 0.3 is 0 Å². The Morgan fingerprint density at radius 3 is 2.59 bits per heavy atom. The Hall–Kier alpha value is -2.35. The number of ether oxygens (including phenoxy) is 1. The van der Waals surface area contributed by atoms with Gasteiger partial charge in [-0.15, -0.1) is 0 Å². The van der Waals surface area contributed by atoms with Crippen molar-refractivity contribution in [1.29, 1.82) is 0 Å². The zero-order valence-corrected chi connectivity index (χ0v) is 20.0. The average Bonchev–Trinajstić information content (AvgIpc) is 3.30. The van der Waals surface area contributed by atoms with Gasteiger partial charge in [-0.25, -0.2) is 4.99 Å². The van der Waals surface area contributed by atoms with Crippen LogP contribution in [0.5, 0.6) is 0 Å². The highest BCUT2D eigenvalue weighted by Gasteiger charge is 2.33. The highest BCUT2D eigenvalue weighted by Crippen LogP contribution is 2.34. The molecule has 0 N–H and O–H groups in total. The van der Waals surface area contributed by atoms with Crippen molar-refractivity contribution in [1.82, 2.24) is 14.4 Å². The Morgan fingerprint density at radius 2 is 1.91 bits per heavy atom. The number of para-hydroxylation sites is 1. The van der Waals surface area contributed by atoms with Crippen molar-refractivity contribution in [2.75, 3.05) is 39.4 Å². The summed E-state index contributed by atoms with van der Waals surface area (Å²) in [5, 5.41) is 0.759. The van der Waals surface area contributed by atoms with E-state index >= 15 is 0 Å². The number of aryl methyl sites for hydroxylation is 1. The predicted octanol–water partition coefficient (Wildman–Crippen LogP) is 4.70. The second kappa shape index (κ2) is 10.5. The van der Waals surface area contributed by atoms with Gasteiger partial charge in [0.2, 0.25) is 0 Å². The van der Waals surface area contributed by atoms with Gasteiger partial charge in [0, 0.05) is 44.1 Å². The highest BCUT2D eigenvalue weighted by atomic mass is 32.2. The van der Waals surface area contributed by atoms with E-state index in [9.17, 15) is 4.79 Å². The third kappa shape index (κ3) is 5.52. The summed E-state index contributed by atoms with van der Waals surface area (Å²) in [5.74, 6) is 0.0432. The number of rotatable bonds is 7. The minimum atomic E-state index is 0.0432. The molecule has 1 aromatic heterocycles. The minimum absolute atomic E-state index is 0.0432. The van der Waals surface area contributed by atoms with Crippen molar-refractivity contribution in [3.05, 3.63) is 58.8 Å². The SMILES string of the molecule is Cc1cc(/C=C2/SC(=Nc3ccccc3)N(CCCN3CCOCC3)C2=O)cn1C(C)C. The Labute approximate surface area is 194 Å². The number of thioether (sulfide) groups is 1. The maximum Gasteiger partial charge on any atom is 0.266 e. The normalized spacial score (nSPS) is 20.2. The fourth-order valence-corrected chi connectivity index (χ4v) is 5.11. The molecule has 6 nitrogen and oxygen atoms in total. The number of hydrogen-bond acceptors (Lipinski definition) is 5. The van der Waals surface area contributed by atoms with E-state index in [0.717, 1.165) is 60.6 Å². The summed E-state index contributed by atoms with van der Waals surface area (Å²) >= 11 is 1.47. The Bertz CT molecular complexity index is 991. The molecule has 2 aliphatic heterocycles. The summed E-state index contributed by atoms with van der Waals surface area (Å²) in [6.07, 6.45) is 5.04. The van der Waals surface area contributed by atoms with Crippen LogP contribution in [0.25, 0.3) is 6.08 Å². The van der Waals surface area contributed by atoms with E-state index in [0.29, 0.717) is 12.6 Å². The quantitative estimate of drug-likeness (QED) is 0.571. The molecular formula is C25H32N4O2S. The summed E-state index contributed by atoms with van der Waals surface area (Å²) in [4.78, 5) is 23.1. The lowest BCUT2D eigenvalue weighted by molar-refractivity contribution is -0.122. The molecule has 2 fully saturated rings. The van der Waals surface area contributed by atoms with Crippen molar-refractivity contribution in [3.8, 4) is 0 Å². The van der Waals surface area contributed by atoms with Gasteiger partial charge in [-0.3, -0.25) is 14.6 Å². The molecule has 2 aromatic rings. The molecule has 0 radical (unpaired) electrons. The van der Waals surface area contributed by atoms with Crippen molar-refractivity contribution < 1.29 is 9.53 Å². The molecule has 32 heavy (non-hydrogen) atoms. The molecule has 170 valence electrons. The van der Waals surface area contributed by atoms with Gasteiger partial charge in [0.25, 0.3) is 5.91 Å². The molecule has 0 aliphatic carbocycles. The fourth-order valence-electron chi connectivity index (χ4n) is 4.08. The number of carbonyl (C=O) groups is 1. The third-order valence-corrected chi connectivity index (χ3v) is 6.76. The molecule has 2 saturated heterocycles. The number of amides is 1. The molecule has 0 bridgehead atoms. The summed E-state index contributed by atoms with van der Waals surface area (Å²) in [7, 11) is 0. The molecule has 7 heteroatoms. The molecule has 3 heterocycles. The summed E-state index contributed by atoms with van der Waals surface area (Å²) in [6, 6.07) is 12.4. The number of benzene rings is 1. The van der Waals surface area contributed by atoms with Gasteiger partial charge < -0.3 is 9.30 Å². The molecule has 1 aromatic carbocycles. The number of morpholine rings is 1. The number of aromatic nitrogens is 1. The summed E-state index contributed by atoms with van der Waals surface area (Å²) in [6.45, 7) is 11.6. The zero-order chi connectivity index (χ0) is 22.5. The molecular weight excluding hydrogens is 420 g/mol. The van der Waals surface area contributed by atoms with Crippen LogP contribution in [0.1, 0.15) is 37.6 Å². The number of amidine groups is 1. The number of carbonyl (C=O) groups excluding carboxylic acids is 1. The maximum atomic E-state index is 13.3. The van der Waals surface area contributed by atoms with Crippen molar-refractivity contribution in [2.24, 2.45) is 4.99 Å². The smallest absolute Gasteiger partial charge is 0.266 e. The largest absolute Gasteiger partial charge is 0.379 e. The van der Waals surface area contributed by atoms with E-state index in [-0.39, 0.29) is 5.91 Å².